The third-order valence-electron chi connectivity index (χ3n) is 2.99. The molecule has 114 valence electrons. The van der Waals surface area contributed by atoms with Crippen LogP contribution in [0.1, 0.15) is 15.9 Å². The highest BCUT2D eigenvalue weighted by Gasteiger charge is 2.20. The quantitative estimate of drug-likeness (QED) is 0.264. The number of ketones is 1. The number of halogens is 2. The van der Waals surface area contributed by atoms with E-state index in [-0.39, 0.29) is 32.4 Å². The topological polar surface area (TPSA) is 84.0 Å². The third-order valence-corrected chi connectivity index (χ3v) is 3.62. The van der Waals surface area contributed by atoms with Gasteiger partial charge in [-0.05, 0) is 24.3 Å². The molecule has 2 aromatic rings. The molecule has 0 saturated carbocycles. The molecule has 0 amide bonds. The first-order valence-electron chi connectivity index (χ1n) is 6.29. The number of carbonyl (C=O) groups excluding carboxylic acids is 1. The molecule has 0 aliphatic carbocycles. The lowest BCUT2D eigenvalue weighted by atomic mass is 10.0. The maximum Gasteiger partial charge on any atom is 0.276 e. The molecule has 0 spiro atoms. The van der Waals surface area contributed by atoms with Crippen molar-refractivity contribution in [2.24, 2.45) is 0 Å². The second-order valence-corrected chi connectivity index (χ2v) is 5.23. The van der Waals surface area contributed by atoms with Gasteiger partial charge in [0.05, 0.1) is 26.1 Å². The molecule has 0 unspecified atom stereocenters. The SMILES string of the molecule is N#CC(=Cc1ccccc1[N+](=O)[O-])C(=O)c1c(Cl)cccc1Cl. The minimum Gasteiger partial charge on any atom is -0.288 e. The molecule has 2 aromatic carbocycles. The van der Waals surface area contributed by atoms with E-state index in [2.05, 4.69) is 0 Å². The van der Waals surface area contributed by atoms with Crippen molar-refractivity contribution in [1.29, 1.82) is 5.26 Å². The Balaban J connectivity index is 2.55. The van der Waals surface area contributed by atoms with Crippen LogP contribution in [0.4, 0.5) is 5.69 Å². The van der Waals surface area contributed by atoms with Crippen molar-refractivity contribution in [2.45, 2.75) is 0 Å². The molecule has 0 radical (unpaired) electrons. The van der Waals surface area contributed by atoms with Gasteiger partial charge in [0, 0.05) is 6.07 Å². The van der Waals surface area contributed by atoms with Gasteiger partial charge in [-0.3, -0.25) is 14.9 Å². The van der Waals surface area contributed by atoms with Crippen molar-refractivity contribution < 1.29 is 9.72 Å². The Hall–Kier alpha value is -2.68. The van der Waals surface area contributed by atoms with E-state index in [1.807, 2.05) is 0 Å². The largest absolute Gasteiger partial charge is 0.288 e. The van der Waals surface area contributed by atoms with Crippen LogP contribution in [0.25, 0.3) is 6.08 Å². The number of hydrogen-bond acceptors (Lipinski definition) is 4. The van der Waals surface area contributed by atoms with E-state index < -0.39 is 10.7 Å². The zero-order valence-electron chi connectivity index (χ0n) is 11.5. The van der Waals surface area contributed by atoms with Gasteiger partial charge in [0.25, 0.3) is 5.69 Å². The standard InChI is InChI=1S/C16H8Cl2N2O3/c17-12-5-3-6-13(18)15(12)16(21)11(9-19)8-10-4-1-2-7-14(10)20(22)23/h1-8H. The summed E-state index contributed by atoms with van der Waals surface area (Å²) in [5.74, 6) is -0.693. The number of para-hydroxylation sites is 1. The highest BCUT2D eigenvalue weighted by atomic mass is 35.5. The van der Waals surface area contributed by atoms with Gasteiger partial charge < -0.3 is 0 Å². The van der Waals surface area contributed by atoms with E-state index in [1.165, 1.54) is 30.3 Å². The highest BCUT2D eigenvalue weighted by Crippen LogP contribution is 2.28. The number of nitro groups is 1. The fourth-order valence-corrected chi connectivity index (χ4v) is 2.50. The zero-order chi connectivity index (χ0) is 17.0. The minimum atomic E-state index is -0.693. The highest BCUT2D eigenvalue weighted by molar-refractivity contribution is 6.41. The number of benzene rings is 2. The second-order valence-electron chi connectivity index (χ2n) is 4.41. The molecule has 0 fully saturated rings. The first-order valence-corrected chi connectivity index (χ1v) is 7.05. The lowest BCUT2D eigenvalue weighted by Gasteiger charge is -2.05. The van der Waals surface area contributed by atoms with Crippen LogP contribution in [-0.2, 0) is 0 Å². The average molecular weight is 347 g/mol. The van der Waals surface area contributed by atoms with Crippen molar-refractivity contribution in [3.05, 3.63) is 79.3 Å². The number of rotatable bonds is 4. The molecule has 0 aliphatic heterocycles. The second kappa shape index (κ2) is 7.05. The number of nitrogens with zero attached hydrogens (tertiary/aromatic N) is 2. The summed E-state index contributed by atoms with van der Waals surface area (Å²) in [6, 6.07) is 12.0. The zero-order valence-corrected chi connectivity index (χ0v) is 13.0. The molecule has 2 rings (SSSR count). The summed E-state index contributed by atoms with van der Waals surface area (Å²) in [7, 11) is 0. The summed E-state index contributed by atoms with van der Waals surface area (Å²) in [4.78, 5) is 22.9. The molecule has 0 bridgehead atoms. The molecule has 7 heteroatoms. The maximum atomic E-state index is 12.5. The van der Waals surface area contributed by atoms with Gasteiger partial charge in [0.15, 0.2) is 0 Å². The molecule has 0 aliphatic rings. The Labute approximate surface area is 141 Å². The number of nitro benzene ring substituents is 1. The summed E-state index contributed by atoms with van der Waals surface area (Å²) in [6.45, 7) is 0. The van der Waals surface area contributed by atoms with Crippen molar-refractivity contribution in [3.8, 4) is 6.07 Å². The van der Waals surface area contributed by atoms with Gasteiger partial charge in [-0.15, -0.1) is 0 Å². The smallest absolute Gasteiger partial charge is 0.276 e. The van der Waals surface area contributed by atoms with Gasteiger partial charge in [-0.2, -0.15) is 5.26 Å². The summed E-state index contributed by atoms with van der Waals surface area (Å²) in [5, 5.41) is 20.4. The molecular formula is C16H8Cl2N2O3. The minimum absolute atomic E-state index is 0.0118. The van der Waals surface area contributed by atoms with Crippen molar-refractivity contribution in [2.75, 3.05) is 0 Å². The van der Waals surface area contributed by atoms with Crippen LogP contribution >= 0.6 is 23.2 Å². The van der Waals surface area contributed by atoms with Crippen molar-refractivity contribution in [3.63, 3.8) is 0 Å². The number of allylic oxidation sites excluding steroid dienone is 1. The van der Waals surface area contributed by atoms with Gasteiger partial charge >= 0.3 is 0 Å². The molecule has 23 heavy (non-hydrogen) atoms. The molecule has 0 heterocycles. The maximum absolute atomic E-state index is 12.5. The number of Topliss-reactive ketones (excluding diaryl/α,β-unsaturated/α-hetero) is 1. The Morgan fingerprint density at radius 3 is 2.30 bits per heavy atom. The number of hydrogen-bond donors (Lipinski definition) is 0. The lowest BCUT2D eigenvalue weighted by molar-refractivity contribution is -0.385. The van der Waals surface area contributed by atoms with E-state index in [0.717, 1.165) is 6.08 Å². The van der Waals surface area contributed by atoms with Crippen molar-refractivity contribution >= 4 is 40.7 Å². The Morgan fingerprint density at radius 1 is 1.13 bits per heavy atom. The van der Waals surface area contributed by atoms with Gasteiger partial charge in [0.2, 0.25) is 5.78 Å². The average Bonchev–Trinajstić information content (AvgIpc) is 2.52. The predicted octanol–water partition coefficient (Wildman–Crippen LogP) is 4.69. The van der Waals surface area contributed by atoms with Gasteiger partial charge in [0.1, 0.15) is 11.6 Å². The summed E-state index contributed by atoms with van der Waals surface area (Å²) in [5.41, 5.74) is -0.375. The first-order chi connectivity index (χ1) is 11.0. The summed E-state index contributed by atoms with van der Waals surface area (Å²) in [6.07, 6.45) is 1.15. The van der Waals surface area contributed by atoms with E-state index in [1.54, 1.807) is 18.2 Å². The predicted molar refractivity (Wildman–Crippen MR) is 87.5 cm³/mol. The van der Waals surface area contributed by atoms with Crippen LogP contribution in [0.3, 0.4) is 0 Å². The number of nitriles is 1. The first kappa shape index (κ1) is 16.7. The molecule has 0 N–H and O–H groups in total. The molecule has 0 saturated heterocycles. The van der Waals surface area contributed by atoms with Crippen LogP contribution in [0, 0.1) is 21.4 Å². The summed E-state index contributed by atoms with van der Waals surface area (Å²) >= 11 is 11.9. The molecule has 0 aromatic heterocycles. The van der Waals surface area contributed by atoms with E-state index in [4.69, 9.17) is 23.2 Å². The monoisotopic (exact) mass is 346 g/mol. The molecule has 5 nitrogen and oxygen atoms in total. The van der Waals surface area contributed by atoms with E-state index >= 15 is 0 Å². The van der Waals surface area contributed by atoms with E-state index in [0.29, 0.717) is 0 Å². The van der Waals surface area contributed by atoms with Crippen LogP contribution in [-0.4, -0.2) is 10.7 Å². The Kier molecular flexibility index (Phi) is 5.12. The van der Waals surface area contributed by atoms with Crippen LogP contribution in [0.5, 0.6) is 0 Å². The fourth-order valence-electron chi connectivity index (χ4n) is 1.93. The molecular weight excluding hydrogens is 339 g/mol. The molecule has 0 atom stereocenters. The van der Waals surface area contributed by atoms with Gasteiger partial charge in [-0.25, -0.2) is 0 Å². The van der Waals surface area contributed by atoms with Crippen molar-refractivity contribution in [1.82, 2.24) is 0 Å². The Bertz CT molecular complexity index is 850. The third kappa shape index (κ3) is 3.57. The van der Waals surface area contributed by atoms with Crippen LogP contribution in [0.15, 0.2) is 48.0 Å². The lowest BCUT2D eigenvalue weighted by Crippen LogP contribution is -2.04. The van der Waals surface area contributed by atoms with Gasteiger partial charge in [-0.1, -0.05) is 41.4 Å². The van der Waals surface area contributed by atoms with E-state index in [9.17, 15) is 20.2 Å². The number of carbonyl (C=O) groups is 1. The Morgan fingerprint density at radius 2 is 1.74 bits per heavy atom. The normalized spacial score (nSPS) is 10.9. The van der Waals surface area contributed by atoms with Crippen LogP contribution in [0.2, 0.25) is 10.0 Å². The summed E-state index contributed by atoms with van der Waals surface area (Å²) < 4.78 is 0. The fraction of sp³-hybridized carbons (Fsp3) is 0. The van der Waals surface area contributed by atoms with Crippen LogP contribution < -0.4 is 0 Å².